The fourth-order valence-electron chi connectivity index (χ4n) is 0.854. The molecule has 0 aliphatic heterocycles. The van der Waals surface area contributed by atoms with Crippen LogP contribution in [-0.2, 0) is 0 Å². The predicted molar refractivity (Wildman–Crippen MR) is 87.7 cm³/mol. The highest BCUT2D eigenvalue weighted by Gasteiger charge is 1.83. The number of hydrogen-bond donors (Lipinski definition) is 0. The number of rotatable bonds is 5. The highest BCUT2D eigenvalue weighted by molar-refractivity contribution is 5.86. The normalized spacial score (nSPS) is 5.20. The lowest BCUT2D eigenvalue weighted by molar-refractivity contribution is 0.624. The van der Waals surface area contributed by atoms with Crippen molar-refractivity contribution in [1.29, 1.82) is 0 Å². The Kier molecular flexibility index (Phi) is 229. The zero-order valence-corrected chi connectivity index (χ0v) is 9.92. The van der Waals surface area contributed by atoms with Gasteiger partial charge < -0.3 is 0 Å². The molecular formula is C12H37Cl3. The Balaban J connectivity index is -0.0000000117. The third-order valence-corrected chi connectivity index (χ3v) is 1.46. The summed E-state index contributed by atoms with van der Waals surface area (Å²) in [5, 5.41) is 0. The van der Waals surface area contributed by atoms with Gasteiger partial charge in [0.15, 0.2) is 0 Å². The molecule has 0 aromatic heterocycles. The largest absolute Gasteiger partial charge is 0.147 e. The van der Waals surface area contributed by atoms with E-state index in [0.717, 1.165) is 0 Å². The Bertz CT molecular complexity index is 35.8. The molecule has 106 valence electrons. The molecule has 0 saturated heterocycles. The van der Waals surface area contributed by atoms with Crippen molar-refractivity contribution in [2.24, 2.45) is 0 Å². The van der Waals surface area contributed by atoms with Crippen LogP contribution in [0.15, 0.2) is 0 Å². The third kappa shape index (κ3) is 71.5. The Labute approximate surface area is 119 Å². The minimum Gasteiger partial charge on any atom is -0.147 e. The van der Waals surface area contributed by atoms with Crippen LogP contribution in [0.3, 0.4) is 0 Å². The van der Waals surface area contributed by atoms with Gasteiger partial charge in [-0.25, -0.2) is 0 Å². The van der Waals surface area contributed by atoms with Crippen LogP contribution in [-0.4, -0.2) is 0 Å². The molecule has 0 aromatic rings. The van der Waals surface area contributed by atoms with E-state index in [1.54, 1.807) is 0 Å². The molecule has 0 aliphatic carbocycles. The van der Waals surface area contributed by atoms with Crippen LogP contribution in [0.4, 0.5) is 0 Å². The van der Waals surface area contributed by atoms with Gasteiger partial charge in [0.2, 0.25) is 0 Å². The van der Waals surface area contributed by atoms with E-state index in [4.69, 9.17) is 0 Å². The molecule has 0 aromatic carbocycles. The lowest BCUT2D eigenvalue weighted by Gasteiger charge is -1.93. The van der Waals surface area contributed by atoms with Crippen molar-refractivity contribution in [2.75, 3.05) is 0 Å². The van der Waals surface area contributed by atoms with Crippen LogP contribution in [0.1, 0.15) is 82.1 Å². The molecule has 0 saturated carbocycles. The summed E-state index contributed by atoms with van der Waals surface area (Å²) in [6.07, 6.45) is 8.49. The Hall–Kier alpha value is 0.870. The molecular weight excluding hydrogens is 250 g/mol. The van der Waals surface area contributed by atoms with E-state index in [9.17, 15) is 0 Å². The SMILES string of the molecule is C.C.C.C.CCCCCCCC.Cl.Cl.Cl. The maximum absolute atomic E-state index is 2.26. The summed E-state index contributed by atoms with van der Waals surface area (Å²) in [7, 11) is 0. The van der Waals surface area contributed by atoms with Crippen LogP contribution in [0.2, 0.25) is 0 Å². The van der Waals surface area contributed by atoms with E-state index in [0.29, 0.717) is 0 Å². The van der Waals surface area contributed by atoms with E-state index in [1.807, 2.05) is 0 Å². The van der Waals surface area contributed by atoms with E-state index in [1.165, 1.54) is 38.5 Å². The minimum absolute atomic E-state index is 0. The summed E-state index contributed by atoms with van der Waals surface area (Å²) >= 11 is 0. The average molecular weight is 288 g/mol. The maximum atomic E-state index is 2.26. The Morgan fingerprint density at radius 3 is 0.800 bits per heavy atom. The average Bonchev–Trinajstić information content (AvgIpc) is 1.81. The molecule has 0 rings (SSSR count). The summed E-state index contributed by atoms with van der Waals surface area (Å²) < 4.78 is 0. The molecule has 0 fully saturated rings. The maximum Gasteiger partial charge on any atom is -0.0533 e. The molecule has 0 unspecified atom stereocenters. The van der Waals surface area contributed by atoms with Gasteiger partial charge in [-0.2, -0.15) is 0 Å². The summed E-state index contributed by atoms with van der Waals surface area (Å²) in [4.78, 5) is 0. The predicted octanol–water partition coefficient (Wildman–Crippen LogP) is 7.18. The minimum atomic E-state index is 0. The van der Waals surface area contributed by atoms with Gasteiger partial charge in [0.25, 0.3) is 0 Å². The van der Waals surface area contributed by atoms with Crippen molar-refractivity contribution in [3.05, 3.63) is 0 Å². The van der Waals surface area contributed by atoms with Gasteiger partial charge in [0, 0.05) is 0 Å². The molecule has 0 nitrogen and oxygen atoms in total. The second-order valence-electron chi connectivity index (χ2n) is 2.41. The first-order chi connectivity index (χ1) is 3.91. The number of unbranched alkanes of at least 4 members (excludes halogenated alkanes) is 5. The highest BCUT2D eigenvalue weighted by atomic mass is 35.5. The fourth-order valence-corrected chi connectivity index (χ4v) is 0.854. The van der Waals surface area contributed by atoms with Crippen molar-refractivity contribution < 1.29 is 0 Å². The standard InChI is InChI=1S/C8H18.4CH4.3ClH/c1-3-5-7-8-6-4-2;;;;;;;/h3-8H2,1-2H3;4*1H4;3*1H. The quantitative estimate of drug-likeness (QED) is 0.470. The molecule has 3 heteroatoms. The van der Waals surface area contributed by atoms with E-state index in [-0.39, 0.29) is 66.9 Å². The Morgan fingerprint density at radius 2 is 0.667 bits per heavy atom. The molecule has 0 N–H and O–H groups in total. The molecule has 0 atom stereocenters. The van der Waals surface area contributed by atoms with Gasteiger partial charge in [-0.3, -0.25) is 0 Å². The highest BCUT2D eigenvalue weighted by Crippen LogP contribution is 2.03. The van der Waals surface area contributed by atoms with E-state index in [2.05, 4.69) is 13.8 Å². The van der Waals surface area contributed by atoms with Crippen LogP contribution in [0, 0.1) is 0 Å². The van der Waals surface area contributed by atoms with Gasteiger partial charge in [-0.05, 0) is 0 Å². The van der Waals surface area contributed by atoms with Gasteiger partial charge in [-0.1, -0.05) is 82.1 Å². The topological polar surface area (TPSA) is 0 Å². The van der Waals surface area contributed by atoms with Crippen molar-refractivity contribution in [2.45, 2.75) is 82.1 Å². The van der Waals surface area contributed by atoms with Crippen LogP contribution in [0.25, 0.3) is 0 Å². The first-order valence-corrected chi connectivity index (χ1v) is 3.91. The monoisotopic (exact) mass is 286 g/mol. The first-order valence-electron chi connectivity index (χ1n) is 3.91. The molecule has 0 spiro atoms. The van der Waals surface area contributed by atoms with E-state index >= 15 is 0 Å². The zero-order chi connectivity index (χ0) is 6.24. The van der Waals surface area contributed by atoms with Gasteiger partial charge >= 0.3 is 0 Å². The van der Waals surface area contributed by atoms with Crippen molar-refractivity contribution in [3.63, 3.8) is 0 Å². The second kappa shape index (κ2) is 60.6. The van der Waals surface area contributed by atoms with Crippen LogP contribution < -0.4 is 0 Å². The van der Waals surface area contributed by atoms with Crippen LogP contribution >= 0.6 is 37.2 Å². The molecule has 0 heterocycles. The second-order valence-corrected chi connectivity index (χ2v) is 2.41. The Morgan fingerprint density at radius 1 is 0.467 bits per heavy atom. The van der Waals surface area contributed by atoms with Crippen molar-refractivity contribution in [3.8, 4) is 0 Å². The van der Waals surface area contributed by atoms with Gasteiger partial charge in [0.1, 0.15) is 0 Å². The molecule has 15 heavy (non-hydrogen) atoms. The summed E-state index contributed by atoms with van der Waals surface area (Å²) in [6, 6.07) is 0. The van der Waals surface area contributed by atoms with Gasteiger partial charge in [0.05, 0.1) is 0 Å². The van der Waals surface area contributed by atoms with Crippen molar-refractivity contribution in [1.82, 2.24) is 0 Å². The summed E-state index contributed by atoms with van der Waals surface area (Å²) in [6.45, 7) is 4.51. The van der Waals surface area contributed by atoms with Gasteiger partial charge in [-0.15, -0.1) is 37.2 Å². The summed E-state index contributed by atoms with van der Waals surface area (Å²) in [5.41, 5.74) is 0. The summed E-state index contributed by atoms with van der Waals surface area (Å²) in [5.74, 6) is 0. The number of hydrogen-bond acceptors (Lipinski definition) is 0. The van der Waals surface area contributed by atoms with Crippen molar-refractivity contribution >= 4 is 37.2 Å². The van der Waals surface area contributed by atoms with Crippen LogP contribution in [0.5, 0.6) is 0 Å². The number of halogens is 3. The molecule has 0 amide bonds. The lowest BCUT2D eigenvalue weighted by Crippen LogP contribution is -1.73. The first kappa shape index (κ1) is 56.7. The smallest absolute Gasteiger partial charge is 0.0533 e. The fraction of sp³-hybridized carbons (Fsp3) is 1.00. The third-order valence-electron chi connectivity index (χ3n) is 1.46. The zero-order valence-electron chi connectivity index (χ0n) is 7.47. The molecule has 0 aliphatic rings. The molecule has 0 radical (unpaired) electrons. The molecule has 0 bridgehead atoms. The van der Waals surface area contributed by atoms with E-state index < -0.39 is 0 Å². The lowest BCUT2D eigenvalue weighted by atomic mass is 10.1.